The molecule has 2 aromatic rings. The molecule has 0 radical (unpaired) electrons. The number of nitrogens with zero attached hydrogens (tertiary/aromatic N) is 2. The van der Waals surface area contributed by atoms with Crippen LogP contribution in [0, 0.1) is 0 Å². The van der Waals surface area contributed by atoms with Crippen molar-refractivity contribution in [1.29, 1.82) is 0 Å². The average molecular weight is 325 g/mol. The van der Waals surface area contributed by atoms with E-state index >= 15 is 0 Å². The number of benzene rings is 1. The van der Waals surface area contributed by atoms with Crippen LogP contribution in [0.4, 0.5) is 0 Å². The molecule has 4 rings (SSSR count). The number of allylic oxidation sites excluding steroid dienone is 1. The van der Waals surface area contributed by atoms with E-state index < -0.39 is 0 Å². The molecule has 1 saturated heterocycles. The van der Waals surface area contributed by atoms with Crippen LogP contribution in [-0.2, 0) is 15.9 Å². The fraction of sp³-hybridized carbons (Fsp3) is 0.421. The van der Waals surface area contributed by atoms with Gasteiger partial charge in [-0.2, -0.15) is 0 Å². The molecule has 1 aromatic heterocycles. The van der Waals surface area contributed by atoms with Crippen molar-refractivity contribution in [2.75, 3.05) is 20.3 Å². The van der Waals surface area contributed by atoms with Crippen LogP contribution in [0.2, 0.25) is 0 Å². The fourth-order valence-corrected chi connectivity index (χ4v) is 3.51. The molecular formula is C19H23N3O2. The summed E-state index contributed by atoms with van der Waals surface area (Å²) in [4.78, 5) is 4.70. The summed E-state index contributed by atoms with van der Waals surface area (Å²) in [6.45, 7) is 1.64. The summed E-state index contributed by atoms with van der Waals surface area (Å²) in [5.41, 5.74) is 3.49. The standard InChI is InChI=1S/C19H23N3O2/c1-23-19-17-12-20-18(15-7-9-24-10-8-15)22(17)13-16(21-19)11-14-5-3-2-4-6-14/h2-6,12-13,15,19,21H,7-11H2,1H3. The molecule has 1 N–H and O–H groups in total. The van der Waals surface area contributed by atoms with Gasteiger partial charge in [-0.15, -0.1) is 0 Å². The molecule has 3 heterocycles. The SMILES string of the molecule is COC1NC(Cc2ccccc2)=Cn2c1cnc2C1CCOCC1. The maximum absolute atomic E-state index is 5.65. The van der Waals surface area contributed by atoms with Gasteiger partial charge in [0.15, 0.2) is 6.23 Å². The minimum Gasteiger partial charge on any atom is -0.381 e. The number of hydrogen-bond donors (Lipinski definition) is 1. The van der Waals surface area contributed by atoms with Gasteiger partial charge in [0.05, 0.1) is 11.9 Å². The van der Waals surface area contributed by atoms with Crippen molar-refractivity contribution in [3.05, 3.63) is 59.3 Å². The molecule has 2 aliphatic rings. The number of rotatable bonds is 4. The fourth-order valence-electron chi connectivity index (χ4n) is 3.51. The normalized spacial score (nSPS) is 21.0. The van der Waals surface area contributed by atoms with Crippen molar-refractivity contribution < 1.29 is 9.47 Å². The van der Waals surface area contributed by atoms with Gasteiger partial charge in [0, 0.05) is 44.6 Å². The summed E-state index contributed by atoms with van der Waals surface area (Å²) in [6, 6.07) is 10.5. The third-order valence-corrected chi connectivity index (χ3v) is 4.78. The average Bonchev–Trinajstić information content (AvgIpc) is 3.06. The Morgan fingerprint density at radius 3 is 2.79 bits per heavy atom. The topological polar surface area (TPSA) is 48.3 Å². The molecule has 5 heteroatoms. The summed E-state index contributed by atoms with van der Waals surface area (Å²) in [7, 11) is 1.73. The van der Waals surface area contributed by atoms with Gasteiger partial charge < -0.3 is 19.4 Å². The van der Waals surface area contributed by atoms with Crippen molar-refractivity contribution in [3.8, 4) is 0 Å². The number of nitrogens with one attached hydrogen (secondary N) is 1. The lowest BCUT2D eigenvalue weighted by molar-refractivity contribution is 0.0731. The summed E-state index contributed by atoms with van der Waals surface area (Å²) in [6.07, 6.45) is 6.87. The zero-order valence-corrected chi connectivity index (χ0v) is 13.9. The van der Waals surface area contributed by atoms with Crippen molar-refractivity contribution in [3.63, 3.8) is 0 Å². The van der Waals surface area contributed by atoms with Gasteiger partial charge in [-0.1, -0.05) is 30.3 Å². The first-order valence-corrected chi connectivity index (χ1v) is 8.54. The van der Waals surface area contributed by atoms with Gasteiger partial charge in [0.2, 0.25) is 0 Å². The quantitative estimate of drug-likeness (QED) is 0.938. The molecule has 1 atom stereocenters. The lowest BCUT2D eigenvalue weighted by Crippen LogP contribution is -2.30. The van der Waals surface area contributed by atoms with E-state index in [0.717, 1.165) is 49.7 Å². The number of imidazole rings is 1. The Morgan fingerprint density at radius 2 is 2.04 bits per heavy atom. The Morgan fingerprint density at radius 1 is 1.25 bits per heavy atom. The lowest BCUT2D eigenvalue weighted by atomic mass is 9.99. The van der Waals surface area contributed by atoms with Crippen LogP contribution < -0.4 is 5.32 Å². The monoisotopic (exact) mass is 325 g/mol. The third kappa shape index (κ3) is 2.97. The third-order valence-electron chi connectivity index (χ3n) is 4.78. The van der Waals surface area contributed by atoms with Gasteiger partial charge in [-0.25, -0.2) is 4.98 Å². The zero-order chi connectivity index (χ0) is 16.4. The largest absolute Gasteiger partial charge is 0.381 e. The number of methoxy groups -OCH3 is 1. The number of fused-ring (bicyclic) bond motifs is 1. The van der Waals surface area contributed by atoms with E-state index in [1.54, 1.807) is 7.11 Å². The summed E-state index contributed by atoms with van der Waals surface area (Å²) < 4.78 is 13.4. The van der Waals surface area contributed by atoms with E-state index in [-0.39, 0.29) is 6.23 Å². The van der Waals surface area contributed by atoms with Crippen LogP contribution in [0.5, 0.6) is 0 Å². The molecule has 0 spiro atoms. The molecule has 1 aromatic carbocycles. The maximum Gasteiger partial charge on any atom is 0.170 e. The van der Waals surface area contributed by atoms with Gasteiger partial charge in [-0.05, 0) is 18.4 Å². The van der Waals surface area contributed by atoms with Crippen molar-refractivity contribution >= 4 is 6.20 Å². The van der Waals surface area contributed by atoms with Crippen LogP contribution in [-0.4, -0.2) is 29.9 Å². The van der Waals surface area contributed by atoms with Crippen molar-refractivity contribution in [1.82, 2.24) is 14.9 Å². The molecule has 0 saturated carbocycles. The second kappa shape index (κ2) is 6.79. The minimum atomic E-state index is -0.158. The molecule has 126 valence electrons. The summed E-state index contributed by atoms with van der Waals surface area (Å²) in [5, 5.41) is 3.48. The highest BCUT2D eigenvalue weighted by atomic mass is 16.5. The molecule has 2 aliphatic heterocycles. The molecule has 0 amide bonds. The van der Waals surface area contributed by atoms with E-state index in [0.29, 0.717) is 5.92 Å². The van der Waals surface area contributed by atoms with Crippen LogP contribution in [0.25, 0.3) is 6.20 Å². The van der Waals surface area contributed by atoms with Crippen LogP contribution in [0.15, 0.2) is 42.2 Å². The first kappa shape index (κ1) is 15.4. The minimum absolute atomic E-state index is 0.158. The molecule has 24 heavy (non-hydrogen) atoms. The Hall–Kier alpha value is -2.11. The van der Waals surface area contributed by atoms with E-state index in [9.17, 15) is 0 Å². The molecule has 0 bridgehead atoms. The summed E-state index contributed by atoms with van der Waals surface area (Å²) in [5.74, 6) is 1.58. The van der Waals surface area contributed by atoms with Crippen LogP contribution in [0.3, 0.4) is 0 Å². The molecular weight excluding hydrogens is 302 g/mol. The highest BCUT2D eigenvalue weighted by Gasteiger charge is 2.27. The Bertz CT molecular complexity index is 717. The molecule has 0 aliphatic carbocycles. The predicted octanol–water partition coefficient (Wildman–Crippen LogP) is 3.07. The Kier molecular flexibility index (Phi) is 4.36. The zero-order valence-electron chi connectivity index (χ0n) is 13.9. The maximum atomic E-state index is 5.65. The van der Waals surface area contributed by atoms with Crippen LogP contribution >= 0.6 is 0 Å². The highest BCUT2D eigenvalue weighted by Crippen LogP contribution is 2.31. The Labute approximate surface area is 142 Å². The van der Waals surface area contributed by atoms with Crippen LogP contribution in [0.1, 0.15) is 42.1 Å². The number of hydrogen-bond acceptors (Lipinski definition) is 4. The van der Waals surface area contributed by atoms with Gasteiger partial charge in [0.1, 0.15) is 5.82 Å². The second-order valence-electron chi connectivity index (χ2n) is 6.37. The van der Waals surface area contributed by atoms with Gasteiger partial charge in [0.25, 0.3) is 0 Å². The second-order valence-corrected chi connectivity index (χ2v) is 6.37. The van der Waals surface area contributed by atoms with E-state index in [4.69, 9.17) is 14.5 Å². The number of aromatic nitrogens is 2. The van der Waals surface area contributed by atoms with Gasteiger partial charge in [-0.3, -0.25) is 0 Å². The van der Waals surface area contributed by atoms with Gasteiger partial charge >= 0.3 is 0 Å². The Balaban J connectivity index is 1.66. The predicted molar refractivity (Wildman–Crippen MR) is 92.3 cm³/mol. The smallest absolute Gasteiger partial charge is 0.170 e. The molecule has 1 fully saturated rings. The van der Waals surface area contributed by atoms with Crippen molar-refractivity contribution in [2.24, 2.45) is 0 Å². The number of ether oxygens (including phenoxy) is 2. The van der Waals surface area contributed by atoms with E-state index in [1.807, 2.05) is 12.3 Å². The van der Waals surface area contributed by atoms with E-state index in [1.165, 1.54) is 5.56 Å². The van der Waals surface area contributed by atoms with Crippen molar-refractivity contribution in [2.45, 2.75) is 31.4 Å². The highest BCUT2D eigenvalue weighted by molar-refractivity contribution is 5.42. The lowest BCUT2D eigenvalue weighted by Gasteiger charge is -2.28. The first-order valence-electron chi connectivity index (χ1n) is 8.54. The van der Waals surface area contributed by atoms with E-state index in [2.05, 4.69) is 40.3 Å². The molecule has 1 unspecified atom stereocenters. The summed E-state index contributed by atoms with van der Waals surface area (Å²) >= 11 is 0. The first-order chi connectivity index (χ1) is 11.8. The molecule has 5 nitrogen and oxygen atoms in total.